The molecule has 41 heavy (non-hydrogen) atoms. The van der Waals surface area contributed by atoms with Crippen molar-refractivity contribution in [2.24, 2.45) is 11.8 Å². The third-order valence-corrected chi connectivity index (χ3v) is 7.77. The molecule has 2 aromatic carbocycles. The molecule has 1 aliphatic rings. The number of nitrogens with zero attached hydrogens (tertiary/aromatic N) is 1. The lowest BCUT2D eigenvalue weighted by molar-refractivity contribution is -0.148. The normalized spacial score (nSPS) is 15.1. The number of carboxylic acid groups (broad SMARTS) is 1. The number of pyridine rings is 1. The molecule has 0 amide bonds. The molecule has 1 heterocycles. The highest BCUT2D eigenvalue weighted by atomic mass is 19.1. The van der Waals surface area contributed by atoms with Crippen LogP contribution < -0.4 is 21.3 Å². The molecule has 218 valence electrons. The summed E-state index contributed by atoms with van der Waals surface area (Å²) in [5.74, 6) is -0.681. The largest absolute Gasteiger partial charge is 0.494 e. The number of nitrogens with one attached hydrogen (secondary N) is 1. The highest BCUT2D eigenvalue weighted by Gasteiger charge is 2.46. The fraction of sp³-hybridized carbons (Fsp3) is 0.406. The van der Waals surface area contributed by atoms with Gasteiger partial charge in [-0.1, -0.05) is 26.7 Å². The zero-order valence-corrected chi connectivity index (χ0v) is 23.6. The third kappa shape index (κ3) is 6.85. The average Bonchev–Trinajstić information content (AvgIpc) is 3.48. The second-order valence-electron chi connectivity index (χ2n) is 11.1. The number of halogens is 1. The molecule has 1 fully saturated rings. The molecule has 4 rings (SSSR count). The van der Waals surface area contributed by atoms with Gasteiger partial charge >= 0.3 is 5.97 Å². The van der Waals surface area contributed by atoms with E-state index in [1.165, 1.54) is 41.0 Å². The molecule has 1 saturated carbocycles. The van der Waals surface area contributed by atoms with Crippen molar-refractivity contribution < 1.29 is 23.8 Å². The van der Waals surface area contributed by atoms with E-state index in [1.54, 1.807) is 24.3 Å². The van der Waals surface area contributed by atoms with Gasteiger partial charge < -0.3 is 20.9 Å². The molecular formula is C32H38FN3O5. The molecule has 0 unspecified atom stereocenters. The van der Waals surface area contributed by atoms with Crippen molar-refractivity contribution in [1.82, 2.24) is 9.88 Å². The Kier molecular flexibility index (Phi) is 9.60. The van der Waals surface area contributed by atoms with Crippen LogP contribution in [0.5, 0.6) is 5.75 Å². The summed E-state index contributed by atoms with van der Waals surface area (Å²) in [5, 5.41) is 13.6. The Hall–Kier alpha value is -3.98. The van der Waals surface area contributed by atoms with E-state index in [1.807, 2.05) is 0 Å². The average molecular weight is 564 g/mol. The van der Waals surface area contributed by atoms with Crippen molar-refractivity contribution in [3.05, 3.63) is 88.0 Å². The van der Waals surface area contributed by atoms with Gasteiger partial charge in [0.2, 0.25) is 0 Å². The van der Waals surface area contributed by atoms with E-state index in [2.05, 4.69) is 19.2 Å². The number of nitrogen functional groups attached to an aromatic ring is 1. The van der Waals surface area contributed by atoms with Crippen molar-refractivity contribution >= 4 is 17.6 Å². The summed E-state index contributed by atoms with van der Waals surface area (Å²) in [6, 6.07) is 14.5. The van der Waals surface area contributed by atoms with Gasteiger partial charge in [-0.15, -0.1) is 0 Å². The fourth-order valence-electron chi connectivity index (χ4n) is 5.82. The second-order valence-corrected chi connectivity index (χ2v) is 11.1. The van der Waals surface area contributed by atoms with Crippen molar-refractivity contribution in [1.29, 1.82) is 0 Å². The lowest BCUT2D eigenvalue weighted by Gasteiger charge is -2.37. The quantitative estimate of drug-likeness (QED) is 0.193. The topological polar surface area (TPSA) is 124 Å². The summed E-state index contributed by atoms with van der Waals surface area (Å²) in [6.07, 6.45) is 5.24. The predicted molar refractivity (Wildman–Crippen MR) is 156 cm³/mol. The molecule has 0 bridgehead atoms. The molecule has 0 spiro atoms. The number of carbonyl (C=O) groups excluding carboxylic acids is 1. The molecule has 1 atom stereocenters. The summed E-state index contributed by atoms with van der Waals surface area (Å²) in [5.41, 5.74) is 5.80. The monoisotopic (exact) mass is 563 g/mol. The van der Waals surface area contributed by atoms with Crippen LogP contribution in [-0.4, -0.2) is 40.1 Å². The lowest BCUT2D eigenvalue weighted by atomic mass is 9.76. The second kappa shape index (κ2) is 13.1. The van der Waals surface area contributed by atoms with Crippen LogP contribution >= 0.6 is 0 Å². The maximum absolute atomic E-state index is 13.3. The maximum Gasteiger partial charge on any atom is 0.324 e. The Morgan fingerprint density at radius 1 is 1.07 bits per heavy atom. The van der Waals surface area contributed by atoms with Crippen LogP contribution in [0, 0.1) is 17.7 Å². The van der Waals surface area contributed by atoms with Gasteiger partial charge in [0.1, 0.15) is 22.9 Å². The first-order valence-corrected chi connectivity index (χ1v) is 14.2. The zero-order valence-electron chi connectivity index (χ0n) is 23.6. The van der Waals surface area contributed by atoms with E-state index in [0.717, 1.165) is 25.7 Å². The predicted octanol–water partition coefficient (Wildman–Crippen LogP) is 5.21. The number of anilines is 1. The molecule has 1 aromatic heterocycles. The Balaban J connectivity index is 1.39. The van der Waals surface area contributed by atoms with Crippen LogP contribution in [0.25, 0.3) is 5.69 Å². The molecule has 9 heteroatoms. The Bertz CT molecular complexity index is 1410. The van der Waals surface area contributed by atoms with Crippen LogP contribution in [0.3, 0.4) is 0 Å². The number of hydrogen-bond donors (Lipinski definition) is 3. The summed E-state index contributed by atoms with van der Waals surface area (Å²) < 4.78 is 20.4. The summed E-state index contributed by atoms with van der Waals surface area (Å²) in [4.78, 5) is 38.0. The van der Waals surface area contributed by atoms with Crippen molar-refractivity contribution in [3.8, 4) is 11.4 Å². The van der Waals surface area contributed by atoms with Crippen molar-refractivity contribution in [2.45, 2.75) is 57.9 Å². The number of hydrogen-bond acceptors (Lipinski definition) is 6. The Morgan fingerprint density at radius 3 is 2.34 bits per heavy atom. The van der Waals surface area contributed by atoms with Gasteiger partial charge in [-0.05, 0) is 98.7 Å². The maximum atomic E-state index is 13.3. The van der Waals surface area contributed by atoms with Gasteiger partial charge in [0, 0.05) is 11.6 Å². The van der Waals surface area contributed by atoms with Gasteiger partial charge in [0.05, 0.1) is 17.9 Å². The van der Waals surface area contributed by atoms with E-state index >= 15 is 0 Å². The SMILES string of the molecule is CC(C)C[C@@](NCCCOc1ccc(-n2c(N)c(C(=O)c3ccc(F)cc3)ccc2=O)cc1)(C(=O)O)C1CCCC1. The van der Waals surface area contributed by atoms with Crippen LogP contribution in [0.1, 0.15) is 68.3 Å². The molecule has 0 aliphatic heterocycles. The van der Waals surface area contributed by atoms with Crippen molar-refractivity contribution in [2.75, 3.05) is 18.9 Å². The number of carboxylic acids is 1. The molecular weight excluding hydrogens is 525 g/mol. The Labute approximate surface area is 239 Å². The van der Waals surface area contributed by atoms with Crippen LogP contribution in [0.15, 0.2) is 65.5 Å². The molecule has 8 nitrogen and oxygen atoms in total. The number of ketones is 1. The standard InChI is InChI=1S/C32H38FN3O5/c1-21(2)20-32(31(39)40,23-6-3-4-7-23)35-18-5-19-41-26-14-12-25(13-15-26)36-28(37)17-16-27(30(36)34)29(38)22-8-10-24(33)11-9-22/h8-17,21,23,35H,3-7,18-20,34H2,1-2H3,(H,39,40)/t32-/m0/s1. The van der Waals surface area contributed by atoms with Crippen LogP contribution in [0.4, 0.5) is 10.2 Å². The smallest absolute Gasteiger partial charge is 0.324 e. The van der Waals surface area contributed by atoms with Crippen LogP contribution in [0.2, 0.25) is 0 Å². The summed E-state index contributed by atoms with van der Waals surface area (Å²) >= 11 is 0. The fourth-order valence-corrected chi connectivity index (χ4v) is 5.82. The van der Waals surface area contributed by atoms with E-state index in [4.69, 9.17) is 10.5 Å². The number of rotatable bonds is 13. The summed E-state index contributed by atoms with van der Waals surface area (Å²) in [7, 11) is 0. The van der Waals surface area contributed by atoms with Gasteiger partial charge in [-0.25, -0.2) is 4.39 Å². The van der Waals surface area contributed by atoms with E-state index < -0.39 is 28.7 Å². The number of benzene rings is 2. The molecule has 1 aliphatic carbocycles. The minimum absolute atomic E-state index is 0.0165. The number of nitrogens with two attached hydrogens (primary N) is 1. The molecule has 0 radical (unpaired) electrons. The van der Waals surface area contributed by atoms with Gasteiger partial charge in [-0.3, -0.25) is 19.0 Å². The zero-order chi connectivity index (χ0) is 29.6. The minimum atomic E-state index is -0.911. The molecule has 3 aromatic rings. The van der Waals surface area contributed by atoms with E-state index in [0.29, 0.717) is 37.4 Å². The number of aliphatic carboxylic acids is 1. The third-order valence-electron chi connectivity index (χ3n) is 7.77. The van der Waals surface area contributed by atoms with Crippen LogP contribution in [-0.2, 0) is 4.79 Å². The number of aromatic nitrogens is 1. The lowest BCUT2D eigenvalue weighted by Crippen LogP contribution is -2.58. The van der Waals surface area contributed by atoms with Gasteiger partial charge in [0.25, 0.3) is 5.56 Å². The first-order chi connectivity index (χ1) is 19.6. The van der Waals surface area contributed by atoms with Gasteiger partial charge in [0.15, 0.2) is 5.78 Å². The van der Waals surface area contributed by atoms with Gasteiger partial charge in [-0.2, -0.15) is 0 Å². The highest BCUT2D eigenvalue weighted by molar-refractivity contribution is 6.11. The van der Waals surface area contributed by atoms with E-state index in [9.17, 15) is 23.9 Å². The minimum Gasteiger partial charge on any atom is -0.494 e. The first kappa shape index (κ1) is 30.0. The highest BCUT2D eigenvalue weighted by Crippen LogP contribution is 2.38. The molecule has 0 saturated heterocycles. The Morgan fingerprint density at radius 2 is 1.73 bits per heavy atom. The summed E-state index contributed by atoms with van der Waals surface area (Å²) in [6.45, 7) is 5.03. The van der Waals surface area contributed by atoms with E-state index in [-0.39, 0.29) is 28.8 Å². The molecule has 4 N–H and O–H groups in total. The first-order valence-electron chi connectivity index (χ1n) is 14.2. The number of carbonyl (C=O) groups is 2. The van der Waals surface area contributed by atoms with Crippen molar-refractivity contribution in [3.63, 3.8) is 0 Å². The number of ether oxygens (including phenoxy) is 1.